The topological polar surface area (TPSA) is 120 Å². The Morgan fingerprint density at radius 3 is 2.47 bits per heavy atom. The van der Waals surface area contributed by atoms with Crippen LogP contribution in [-0.2, 0) is 14.8 Å². The molecule has 3 aromatic rings. The number of nitrogens with zero attached hydrogens (tertiary/aromatic N) is 2. The summed E-state index contributed by atoms with van der Waals surface area (Å²) in [7, 11) is -3.58. The number of sulfonamides is 1. The first-order valence-electron chi connectivity index (χ1n) is 8.96. The number of carbonyl (C=O) groups excluding carboxylic acids is 2. The molecule has 10 heteroatoms. The summed E-state index contributed by atoms with van der Waals surface area (Å²) in [5.74, 6) is -0.00694. The predicted octanol–water partition coefficient (Wildman–Crippen LogP) is 2.80. The SMILES string of the molecule is Cc1cc(-n2c(C)cc(C(=O)COC(=O)c3ccccc3NS(C)(=O)=O)c2C)no1. The van der Waals surface area contributed by atoms with Gasteiger partial charge in [-0.2, -0.15) is 0 Å². The van der Waals surface area contributed by atoms with E-state index in [0.29, 0.717) is 22.8 Å². The number of benzene rings is 1. The van der Waals surface area contributed by atoms with Crippen LogP contribution in [0.2, 0.25) is 0 Å². The summed E-state index contributed by atoms with van der Waals surface area (Å²) in [5.41, 5.74) is 1.90. The molecule has 30 heavy (non-hydrogen) atoms. The number of ketones is 1. The van der Waals surface area contributed by atoms with Gasteiger partial charge in [0.05, 0.1) is 17.5 Å². The molecule has 9 nitrogen and oxygen atoms in total. The zero-order valence-electron chi connectivity index (χ0n) is 16.9. The number of Topliss-reactive ketones (excluding diaryl/α,β-unsaturated/α-hetero) is 1. The summed E-state index contributed by atoms with van der Waals surface area (Å²) in [4.78, 5) is 25.1. The number of carbonyl (C=O) groups is 2. The van der Waals surface area contributed by atoms with Gasteiger partial charge < -0.3 is 9.26 Å². The standard InChI is InChI=1S/C20H21N3O6S/c1-12-9-16(14(3)23(12)19-10-13(2)29-21-19)18(24)11-28-20(25)15-7-5-6-8-17(15)22-30(4,26)27/h5-10,22H,11H2,1-4H3. The van der Waals surface area contributed by atoms with Gasteiger partial charge in [0.15, 0.2) is 12.4 Å². The van der Waals surface area contributed by atoms with Gasteiger partial charge in [0.2, 0.25) is 15.8 Å². The molecule has 0 fully saturated rings. The summed E-state index contributed by atoms with van der Waals surface area (Å²) in [6, 6.07) is 9.44. The number of para-hydroxylation sites is 1. The molecule has 0 saturated carbocycles. The third kappa shape index (κ3) is 4.60. The molecule has 2 aromatic heterocycles. The van der Waals surface area contributed by atoms with Crippen LogP contribution in [-0.4, -0.2) is 42.8 Å². The number of nitrogens with one attached hydrogen (secondary N) is 1. The fourth-order valence-electron chi connectivity index (χ4n) is 3.09. The summed E-state index contributed by atoms with van der Waals surface area (Å²) in [6.07, 6.45) is 0.977. The van der Waals surface area contributed by atoms with E-state index < -0.39 is 28.4 Å². The van der Waals surface area contributed by atoms with Gasteiger partial charge in [0, 0.05) is 23.0 Å². The summed E-state index contributed by atoms with van der Waals surface area (Å²) >= 11 is 0. The van der Waals surface area contributed by atoms with Crippen molar-refractivity contribution in [1.29, 1.82) is 0 Å². The largest absolute Gasteiger partial charge is 0.454 e. The maximum Gasteiger partial charge on any atom is 0.340 e. The highest BCUT2D eigenvalue weighted by Gasteiger charge is 2.21. The Bertz CT molecular complexity index is 1220. The number of hydrogen-bond acceptors (Lipinski definition) is 7. The van der Waals surface area contributed by atoms with Crippen LogP contribution in [0.15, 0.2) is 40.9 Å². The maximum atomic E-state index is 12.7. The van der Waals surface area contributed by atoms with Gasteiger partial charge in [-0.15, -0.1) is 0 Å². The minimum absolute atomic E-state index is 0.0132. The van der Waals surface area contributed by atoms with E-state index in [1.165, 1.54) is 12.1 Å². The molecule has 158 valence electrons. The number of ether oxygens (including phenoxy) is 1. The molecule has 0 unspecified atom stereocenters. The van der Waals surface area contributed by atoms with Crippen molar-refractivity contribution >= 4 is 27.5 Å². The van der Waals surface area contributed by atoms with Crippen molar-refractivity contribution in [1.82, 2.24) is 9.72 Å². The third-order valence-corrected chi connectivity index (χ3v) is 4.94. The van der Waals surface area contributed by atoms with Gasteiger partial charge in [-0.05, 0) is 39.0 Å². The normalized spacial score (nSPS) is 11.3. The molecule has 3 rings (SSSR count). The fraction of sp³-hybridized carbons (Fsp3) is 0.250. The van der Waals surface area contributed by atoms with Crippen molar-refractivity contribution < 1.29 is 27.3 Å². The van der Waals surface area contributed by atoms with E-state index in [2.05, 4.69) is 9.88 Å². The van der Waals surface area contributed by atoms with Crippen molar-refractivity contribution in [3.8, 4) is 5.82 Å². The Morgan fingerprint density at radius 2 is 1.83 bits per heavy atom. The zero-order valence-corrected chi connectivity index (χ0v) is 17.7. The first-order valence-corrected chi connectivity index (χ1v) is 10.9. The van der Waals surface area contributed by atoms with Gasteiger partial charge >= 0.3 is 5.97 Å². The highest BCUT2D eigenvalue weighted by atomic mass is 32.2. The number of aryl methyl sites for hydroxylation is 2. The number of esters is 1. The van der Waals surface area contributed by atoms with Crippen LogP contribution in [0.25, 0.3) is 5.82 Å². The molecule has 0 spiro atoms. The van der Waals surface area contributed by atoms with Crippen LogP contribution in [0.1, 0.15) is 37.9 Å². The van der Waals surface area contributed by atoms with E-state index >= 15 is 0 Å². The van der Waals surface area contributed by atoms with E-state index in [0.717, 1.165) is 11.9 Å². The first kappa shape index (κ1) is 21.3. The number of aromatic nitrogens is 2. The molecule has 1 N–H and O–H groups in total. The Labute approximate surface area is 173 Å². The highest BCUT2D eigenvalue weighted by molar-refractivity contribution is 7.92. The molecule has 0 aliphatic carbocycles. The first-order chi connectivity index (χ1) is 14.1. The molecule has 0 aliphatic heterocycles. The van der Waals surface area contributed by atoms with Crippen molar-refractivity contribution in [2.75, 3.05) is 17.6 Å². The lowest BCUT2D eigenvalue weighted by Gasteiger charge is -2.10. The Kier molecular flexibility index (Phi) is 5.79. The van der Waals surface area contributed by atoms with Crippen LogP contribution < -0.4 is 4.72 Å². The molecule has 0 bridgehead atoms. The van der Waals surface area contributed by atoms with E-state index in [-0.39, 0.29) is 11.3 Å². The molecule has 0 saturated heterocycles. The molecule has 1 aromatic carbocycles. The van der Waals surface area contributed by atoms with Gasteiger partial charge in [0.1, 0.15) is 5.76 Å². The van der Waals surface area contributed by atoms with E-state index in [4.69, 9.17) is 9.26 Å². The average Bonchev–Trinajstić information content (AvgIpc) is 3.21. The number of hydrogen-bond donors (Lipinski definition) is 1. The van der Waals surface area contributed by atoms with Gasteiger partial charge in [0.25, 0.3) is 0 Å². The highest BCUT2D eigenvalue weighted by Crippen LogP contribution is 2.22. The fourth-order valence-corrected chi connectivity index (χ4v) is 3.67. The number of rotatable bonds is 7. The van der Waals surface area contributed by atoms with Crippen molar-refractivity contribution in [2.24, 2.45) is 0 Å². The molecule has 0 amide bonds. The van der Waals surface area contributed by atoms with Crippen LogP contribution in [0, 0.1) is 20.8 Å². The minimum atomic E-state index is -3.58. The van der Waals surface area contributed by atoms with Crippen LogP contribution in [0.4, 0.5) is 5.69 Å². The summed E-state index contributed by atoms with van der Waals surface area (Å²) in [5, 5.41) is 3.97. The monoisotopic (exact) mass is 431 g/mol. The van der Waals surface area contributed by atoms with Crippen LogP contribution in [0.5, 0.6) is 0 Å². The lowest BCUT2D eigenvalue weighted by molar-refractivity contribution is 0.0475. The smallest absolute Gasteiger partial charge is 0.340 e. The molecule has 0 atom stereocenters. The van der Waals surface area contributed by atoms with Gasteiger partial charge in [-0.3, -0.25) is 14.1 Å². The molecule has 2 heterocycles. The van der Waals surface area contributed by atoms with Crippen molar-refractivity contribution in [2.45, 2.75) is 20.8 Å². The van der Waals surface area contributed by atoms with E-state index in [1.807, 2.05) is 6.92 Å². The quantitative estimate of drug-likeness (QED) is 0.451. The maximum absolute atomic E-state index is 12.7. The van der Waals surface area contributed by atoms with E-state index in [9.17, 15) is 18.0 Å². The van der Waals surface area contributed by atoms with Crippen molar-refractivity contribution in [3.63, 3.8) is 0 Å². The minimum Gasteiger partial charge on any atom is -0.454 e. The zero-order chi connectivity index (χ0) is 22.1. The summed E-state index contributed by atoms with van der Waals surface area (Å²) in [6.45, 7) is 4.87. The number of anilines is 1. The Balaban J connectivity index is 1.76. The Hall–Kier alpha value is -3.40. The van der Waals surface area contributed by atoms with Crippen molar-refractivity contribution in [3.05, 3.63) is 64.7 Å². The average molecular weight is 431 g/mol. The second-order valence-corrected chi connectivity index (χ2v) is 8.58. The van der Waals surface area contributed by atoms with E-state index in [1.54, 1.807) is 42.7 Å². The molecule has 0 radical (unpaired) electrons. The van der Waals surface area contributed by atoms with Gasteiger partial charge in [-0.1, -0.05) is 17.3 Å². The molecule has 0 aliphatic rings. The van der Waals surface area contributed by atoms with Crippen LogP contribution in [0.3, 0.4) is 0 Å². The van der Waals surface area contributed by atoms with Gasteiger partial charge in [-0.25, -0.2) is 13.2 Å². The lowest BCUT2D eigenvalue weighted by Crippen LogP contribution is -2.18. The third-order valence-electron chi connectivity index (χ3n) is 4.35. The second-order valence-electron chi connectivity index (χ2n) is 6.84. The Morgan fingerprint density at radius 1 is 1.13 bits per heavy atom. The van der Waals surface area contributed by atoms with Crippen LogP contribution >= 0.6 is 0 Å². The summed E-state index contributed by atoms with van der Waals surface area (Å²) < 4.78 is 37.2. The predicted molar refractivity (Wildman–Crippen MR) is 110 cm³/mol. The molecular formula is C20H21N3O6S. The second kappa shape index (κ2) is 8.15. The lowest BCUT2D eigenvalue weighted by atomic mass is 10.1. The molecular weight excluding hydrogens is 410 g/mol.